The van der Waals surface area contributed by atoms with Crippen molar-refractivity contribution >= 4 is 31.3 Å². The molecule has 1 aromatic carbocycles. The van der Waals surface area contributed by atoms with Crippen molar-refractivity contribution in [3.05, 3.63) is 23.3 Å². The number of benzene rings is 1. The Balaban J connectivity index is 1.25. The molecule has 7 atom stereocenters. The number of carboxylic acids is 1. The number of nitrogens with one attached hydrogen (secondary N) is 1. The summed E-state index contributed by atoms with van der Waals surface area (Å²) in [7, 11) is -0.442. The lowest BCUT2D eigenvalue weighted by atomic mass is 9.43. The molecule has 4 saturated carbocycles. The Morgan fingerprint density at radius 2 is 1.52 bits per heavy atom. The molecule has 2 aliphatic heterocycles. The summed E-state index contributed by atoms with van der Waals surface area (Å²) < 4.78 is 42.5. The second-order valence-electron chi connectivity index (χ2n) is 20.5. The predicted octanol–water partition coefficient (Wildman–Crippen LogP) is 6.97. The van der Waals surface area contributed by atoms with Gasteiger partial charge >= 0.3 is 31.3 Å². The lowest BCUT2D eigenvalue weighted by Gasteiger charge is -2.64. The minimum absolute atomic E-state index is 0.000270. The van der Waals surface area contributed by atoms with Gasteiger partial charge < -0.3 is 43.4 Å². The van der Waals surface area contributed by atoms with E-state index in [4.69, 9.17) is 33.0 Å². The van der Waals surface area contributed by atoms with Gasteiger partial charge in [-0.3, -0.25) is 4.90 Å². The summed E-state index contributed by atoms with van der Waals surface area (Å²) >= 11 is 0. The minimum atomic E-state index is -1.65. The summed E-state index contributed by atoms with van der Waals surface area (Å²) in [6, 6.07) is 3.49. The fraction of sp³-hybridized carbons (Fsp3) is 0.756. The van der Waals surface area contributed by atoms with Gasteiger partial charge in [0.15, 0.2) is 11.3 Å². The van der Waals surface area contributed by atoms with Crippen molar-refractivity contribution in [3.63, 3.8) is 0 Å². The van der Waals surface area contributed by atoms with E-state index in [1.807, 2.05) is 4.90 Å². The quantitative estimate of drug-likeness (QED) is 0.108. The molecule has 2 heterocycles. The van der Waals surface area contributed by atoms with Gasteiger partial charge in [0, 0.05) is 25.5 Å². The van der Waals surface area contributed by atoms with Gasteiger partial charge in [0.05, 0.1) is 11.7 Å². The molecular weight excluding hydrogens is 723 g/mol. The van der Waals surface area contributed by atoms with Crippen LogP contribution in [0.2, 0.25) is 5.82 Å². The summed E-state index contributed by atoms with van der Waals surface area (Å²) in [5, 5.41) is 12.5. The maximum absolute atomic E-state index is 14.1. The highest BCUT2D eigenvalue weighted by atomic mass is 16.7. The van der Waals surface area contributed by atoms with Gasteiger partial charge in [-0.05, 0) is 130 Å². The summed E-state index contributed by atoms with van der Waals surface area (Å²) in [4.78, 5) is 54.1. The molecule has 0 spiro atoms. The first-order valence-corrected chi connectivity index (χ1v) is 19.9. The fourth-order valence-electron chi connectivity index (χ4n) is 8.96. The molecule has 14 nitrogen and oxygen atoms in total. The molecule has 2 saturated heterocycles. The van der Waals surface area contributed by atoms with Gasteiger partial charge in [0.25, 0.3) is 0 Å². The monoisotopic (exact) mass is 784 g/mol. The molecule has 6 aliphatic rings. The van der Waals surface area contributed by atoms with Crippen molar-refractivity contribution in [2.45, 2.75) is 161 Å². The van der Waals surface area contributed by atoms with Crippen molar-refractivity contribution in [1.82, 2.24) is 10.2 Å². The van der Waals surface area contributed by atoms with E-state index >= 15 is 0 Å². The number of carbonyl (C=O) groups excluding carboxylic acids is 3. The van der Waals surface area contributed by atoms with Crippen LogP contribution in [-0.2, 0) is 28.3 Å². The second kappa shape index (κ2) is 14.1. The number of nitrogens with zero attached hydrogens (tertiary/aromatic N) is 1. The smallest absolute Gasteiger partial charge is 0.487 e. The zero-order chi connectivity index (χ0) is 41.6. The van der Waals surface area contributed by atoms with Crippen LogP contribution in [0.1, 0.15) is 131 Å². The largest absolute Gasteiger partial charge is 0.514 e. The lowest BCUT2D eigenvalue weighted by molar-refractivity contribution is -0.199. The Labute approximate surface area is 331 Å². The fourth-order valence-corrected chi connectivity index (χ4v) is 8.96. The van der Waals surface area contributed by atoms with E-state index in [1.54, 1.807) is 74.4 Å². The highest BCUT2D eigenvalue weighted by molar-refractivity contribution is 6.49. The molecule has 0 aromatic heterocycles. The van der Waals surface area contributed by atoms with Crippen molar-refractivity contribution in [2.75, 3.05) is 19.6 Å². The number of hydrogen-bond acceptors (Lipinski definition) is 12. The normalized spacial score (nSPS) is 29.4. The highest BCUT2D eigenvalue weighted by Gasteiger charge is 2.70. The number of alkyl carbamates (subject to hydrolysis) is 1. The van der Waals surface area contributed by atoms with Gasteiger partial charge in [-0.25, -0.2) is 19.2 Å². The van der Waals surface area contributed by atoms with E-state index < -0.39 is 59.8 Å². The molecule has 2 N–H and O–H groups in total. The summed E-state index contributed by atoms with van der Waals surface area (Å²) in [5.41, 5.74) is -3.83. The third kappa shape index (κ3) is 8.64. The number of carbonyl (C=O) groups is 4. The summed E-state index contributed by atoms with van der Waals surface area (Å²) in [6.07, 6.45) is 0.521. The first kappa shape index (κ1) is 42.1. The molecule has 4 aliphatic carbocycles. The molecule has 3 unspecified atom stereocenters. The maximum atomic E-state index is 14.1. The number of ether oxygens (including phenoxy) is 5. The predicted molar refractivity (Wildman–Crippen MR) is 206 cm³/mol. The van der Waals surface area contributed by atoms with Crippen molar-refractivity contribution in [2.24, 2.45) is 17.3 Å². The van der Waals surface area contributed by atoms with Gasteiger partial charge in [-0.1, -0.05) is 19.9 Å². The molecule has 2 bridgehead atoms. The standard InChI is InChI=1S/C41H61BN2O12/c1-36(2,3)52-32(45)30-27(50-23-19-44(20-23)21-40(12,33(46)47)43-34(48)53-37(4,5)6)15-14-24(31(30)51-35(49)54-38(7,8)9)25-18-26(25)42-55-29-17-22-16-28(39(22,10)11)41(29,13)56-42/h14-15,22-23,25-26,28-29H,16-21H2,1-13H3,(H,43,48)(H,46,47)/t22-,25?,26?,28-,29?,40+,41-/m0/s1. The van der Waals surface area contributed by atoms with Gasteiger partial charge in [-0.15, -0.1) is 0 Å². The maximum Gasteiger partial charge on any atom is 0.514 e. The van der Waals surface area contributed by atoms with Gasteiger partial charge in [0.2, 0.25) is 0 Å². The Kier molecular flexibility index (Phi) is 10.6. The molecule has 56 heavy (non-hydrogen) atoms. The van der Waals surface area contributed by atoms with E-state index in [2.05, 4.69) is 26.1 Å². The molecule has 0 radical (unpaired) electrons. The first-order chi connectivity index (χ1) is 25.6. The zero-order valence-corrected chi connectivity index (χ0v) is 35.3. The van der Waals surface area contributed by atoms with E-state index in [1.165, 1.54) is 6.92 Å². The average Bonchev–Trinajstić information content (AvgIpc) is 3.69. The number of aliphatic carboxylic acids is 1. The summed E-state index contributed by atoms with van der Waals surface area (Å²) in [6.45, 7) is 24.3. The molecule has 1 aromatic rings. The first-order valence-electron chi connectivity index (χ1n) is 19.9. The Morgan fingerprint density at radius 3 is 2.09 bits per heavy atom. The second-order valence-corrected chi connectivity index (χ2v) is 20.5. The molecule has 310 valence electrons. The van der Waals surface area contributed by atoms with E-state index in [0.29, 0.717) is 23.8 Å². The number of hydrogen-bond donors (Lipinski definition) is 2. The van der Waals surface area contributed by atoms with Crippen LogP contribution < -0.4 is 14.8 Å². The van der Waals surface area contributed by atoms with E-state index in [-0.39, 0.29) is 65.6 Å². The van der Waals surface area contributed by atoms with Crippen LogP contribution in [0.25, 0.3) is 0 Å². The molecule has 6 fully saturated rings. The van der Waals surface area contributed by atoms with E-state index in [0.717, 1.165) is 12.8 Å². The van der Waals surface area contributed by atoms with Crippen molar-refractivity contribution in [1.29, 1.82) is 0 Å². The SMILES string of the molecule is CC(C)(C)OC(=O)N[C@](C)(CN1CC(Oc2ccc(C3CC3B3OC4C[C@@H]5C[C@@H](C5(C)C)[C@]4(C)O3)c(OC(=O)OC(C)(C)C)c2C(=O)OC(C)(C)C)C1)C(=O)O. The van der Waals surface area contributed by atoms with Crippen LogP contribution >= 0.6 is 0 Å². The molecule has 15 heteroatoms. The van der Waals surface area contributed by atoms with Crippen LogP contribution in [0.5, 0.6) is 11.5 Å². The average molecular weight is 785 g/mol. The zero-order valence-electron chi connectivity index (χ0n) is 35.3. The Bertz CT molecular complexity index is 1740. The molecule has 1 amide bonds. The van der Waals surface area contributed by atoms with Crippen LogP contribution in [0.15, 0.2) is 12.1 Å². The van der Waals surface area contributed by atoms with E-state index in [9.17, 15) is 24.3 Å². The van der Waals surface area contributed by atoms with Gasteiger partial charge in [-0.2, -0.15) is 0 Å². The topological polar surface area (TPSA) is 168 Å². The number of esters is 1. The van der Waals surface area contributed by atoms with Crippen LogP contribution in [0, 0.1) is 17.3 Å². The number of carboxylic acid groups (broad SMARTS) is 1. The lowest BCUT2D eigenvalue weighted by Crippen LogP contribution is -2.65. The number of amides is 1. The Morgan fingerprint density at radius 1 is 0.893 bits per heavy atom. The Hall–Kier alpha value is -3.56. The van der Waals surface area contributed by atoms with Gasteiger partial charge in [0.1, 0.15) is 34.2 Å². The third-order valence-corrected chi connectivity index (χ3v) is 11.9. The van der Waals surface area contributed by atoms with Crippen LogP contribution in [0.3, 0.4) is 0 Å². The van der Waals surface area contributed by atoms with Crippen LogP contribution in [-0.4, -0.2) is 101 Å². The molecular formula is C41H61BN2O12. The number of rotatable bonds is 10. The summed E-state index contributed by atoms with van der Waals surface area (Å²) in [5.74, 6) is -0.984. The van der Waals surface area contributed by atoms with Crippen LogP contribution in [0.4, 0.5) is 9.59 Å². The number of likely N-dealkylation sites (tertiary alicyclic amines) is 1. The third-order valence-electron chi connectivity index (χ3n) is 11.9. The van der Waals surface area contributed by atoms with Crippen molar-refractivity contribution in [3.8, 4) is 11.5 Å². The highest BCUT2D eigenvalue weighted by Crippen LogP contribution is 2.68. The molecule has 7 rings (SSSR count). The van der Waals surface area contributed by atoms with Crippen molar-refractivity contribution < 1.29 is 57.3 Å². The minimum Gasteiger partial charge on any atom is -0.487 e.